The van der Waals surface area contributed by atoms with Crippen molar-refractivity contribution in [1.82, 2.24) is 4.90 Å². The maximum atomic E-state index is 12.6. The van der Waals surface area contributed by atoms with Crippen molar-refractivity contribution in [3.05, 3.63) is 0 Å². The number of nitrogens with zero attached hydrogens (tertiary/aromatic N) is 1. The molecule has 4 nitrogen and oxygen atoms in total. The molecule has 1 saturated heterocycles. The molecule has 2 saturated carbocycles. The predicted molar refractivity (Wildman–Crippen MR) is 82.7 cm³/mol. The fraction of sp³-hybridized carbons (Fsp3) is 0.941. The normalized spacial score (nSPS) is 36.1. The molecule has 0 spiro atoms. The van der Waals surface area contributed by atoms with Crippen molar-refractivity contribution in [1.29, 1.82) is 0 Å². The molecule has 3 aliphatic rings. The largest absolute Gasteiger partial charge is 0.389 e. The summed E-state index contributed by atoms with van der Waals surface area (Å²) >= 11 is 0. The number of carbonyl (C=O) groups excluding carboxylic acids is 1. The Bertz CT molecular complexity index is 392. The Morgan fingerprint density at radius 1 is 1.10 bits per heavy atom. The van der Waals surface area contributed by atoms with Gasteiger partial charge >= 0.3 is 0 Å². The number of amides is 1. The van der Waals surface area contributed by atoms with E-state index < -0.39 is 5.60 Å². The molecule has 2 atom stereocenters. The number of likely N-dealkylation sites (tertiary alicyclic amines) is 1. The molecule has 1 heterocycles. The Hall–Kier alpha value is -0.610. The molecule has 2 aliphatic carbocycles. The monoisotopic (exact) mass is 294 g/mol. The lowest BCUT2D eigenvalue weighted by Gasteiger charge is -2.48. The lowest BCUT2D eigenvalue weighted by molar-refractivity contribution is -0.144. The molecule has 0 radical (unpaired) electrons. The Morgan fingerprint density at radius 2 is 1.81 bits per heavy atom. The van der Waals surface area contributed by atoms with Gasteiger partial charge in [-0.25, -0.2) is 0 Å². The minimum absolute atomic E-state index is 0.215. The highest BCUT2D eigenvalue weighted by molar-refractivity contribution is 5.77. The quantitative estimate of drug-likeness (QED) is 0.820. The van der Waals surface area contributed by atoms with Gasteiger partial charge in [0.2, 0.25) is 5.91 Å². The molecule has 0 bridgehead atoms. The minimum atomic E-state index is -0.500. The van der Waals surface area contributed by atoms with Crippen LogP contribution in [-0.4, -0.2) is 40.1 Å². The van der Waals surface area contributed by atoms with Crippen LogP contribution < -0.4 is 5.73 Å². The third kappa shape index (κ3) is 3.26. The van der Waals surface area contributed by atoms with Crippen LogP contribution in [0.4, 0.5) is 0 Å². The summed E-state index contributed by atoms with van der Waals surface area (Å²) in [5.41, 5.74) is 5.66. The molecule has 2 unspecified atom stereocenters. The summed E-state index contributed by atoms with van der Waals surface area (Å²) in [4.78, 5) is 14.6. The molecule has 0 aromatic heterocycles. The molecule has 0 aromatic rings. The van der Waals surface area contributed by atoms with Gasteiger partial charge in [0.05, 0.1) is 5.60 Å². The van der Waals surface area contributed by atoms with Crippen molar-refractivity contribution in [3.8, 4) is 0 Å². The summed E-state index contributed by atoms with van der Waals surface area (Å²) in [6.45, 7) is 1.45. The molecule has 120 valence electrons. The van der Waals surface area contributed by atoms with Crippen molar-refractivity contribution in [2.75, 3.05) is 13.1 Å². The third-order valence-corrected chi connectivity index (χ3v) is 6.13. The van der Waals surface area contributed by atoms with Gasteiger partial charge in [0, 0.05) is 31.0 Å². The molecule has 1 amide bonds. The third-order valence-electron chi connectivity index (χ3n) is 6.13. The number of hydrogen-bond donors (Lipinski definition) is 2. The van der Waals surface area contributed by atoms with E-state index >= 15 is 0 Å². The molecular weight excluding hydrogens is 264 g/mol. The highest BCUT2D eigenvalue weighted by Gasteiger charge is 2.44. The first-order valence-corrected chi connectivity index (χ1v) is 8.80. The van der Waals surface area contributed by atoms with Gasteiger partial charge < -0.3 is 15.7 Å². The van der Waals surface area contributed by atoms with Gasteiger partial charge in [0.25, 0.3) is 0 Å². The van der Waals surface area contributed by atoms with E-state index in [-0.39, 0.29) is 17.4 Å². The van der Waals surface area contributed by atoms with Gasteiger partial charge in [0.1, 0.15) is 0 Å². The Kier molecular flexibility index (Phi) is 4.28. The summed E-state index contributed by atoms with van der Waals surface area (Å²) in [6.07, 6.45) is 11.1. The first-order valence-electron chi connectivity index (χ1n) is 8.80. The predicted octanol–water partition coefficient (Wildman–Crippen LogP) is 2.19. The smallest absolute Gasteiger partial charge is 0.224 e. The fourth-order valence-corrected chi connectivity index (χ4v) is 4.64. The number of piperidine rings is 1. The number of aliphatic hydroxyl groups is 1. The molecule has 3 rings (SSSR count). The van der Waals surface area contributed by atoms with E-state index in [1.165, 1.54) is 12.8 Å². The van der Waals surface area contributed by atoms with Crippen molar-refractivity contribution in [2.24, 2.45) is 11.7 Å². The molecule has 21 heavy (non-hydrogen) atoms. The van der Waals surface area contributed by atoms with Gasteiger partial charge in [0.15, 0.2) is 0 Å². The van der Waals surface area contributed by atoms with Gasteiger partial charge in [-0.2, -0.15) is 0 Å². The Labute approximate surface area is 128 Å². The fourth-order valence-electron chi connectivity index (χ4n) is 4.64. The summed E-state index contributed by atoms with van der Waals surface area (Å²) in [6, 6.07) is 0. The first-order chi connectivity index (χ1) is 10.0. The number of nitrogens with two attached hydrogens (primary N) is 1. The summed E-state index contributed by atoms with van der Waals surface area (Å²) < 4.78 is 0. The van der Waals surface area contributed by atoms with Crippen LogP contribution >= 0.6 is 0 Å². The first kappa shape index (κ1) is 15.3. The van der Waals surface area contributed by atoms with E-state index in [1.54, 1.807) is 0 Å². The van der Waals surface area contributed by atoms with Crippen LogP contribution in [0.1, 0.15) is 70.6 Å². The number of rotatable bonds is 2. The number of hydrogen-bond acceptors (Lipinski definition) is 3. The van der Waals surface area contributed by atoms with Crippen LogP contribution in [0, 0.1) is 5.92 Å². The van der Waals surface area contributed by atoms with E-state index in [0.29, 0.717) is 13.0 Å². The van der Waals surface area contributed by atoms with Crippen LogP contribution in [0.25, 0.3) is 0 Å². The average molecular weight is 294 g/mol. The highest BCUT2D eigenvalue weighted by Crippen LogP contribution is 2.40. The van der Waals surface area contributed by atoms with E-state index in [0.717, 1.165) is 57.9 Å². The lowest BCUT2D eigenvalue weighted by Crippen LogP contribution is -2.56. The topological polar surface area (TPSA) is 66.6 Å². The second-order valence-electron chi connectivity index (χ2n) is 7.74. The standard InChI is InChI=1S/C17H30N2O2/c18-16(7-3-1-4-8-16)12-15(20)19-11-10-17(21)9-5-2-6-14(17)13-19/h14,21H,1-13,18H2. The van der Waals surface area contributed by atoms with Gasteiger partial charge in [-0.05, 0) is 32.1 Å². The highest BCUT2D eigenvalue weighted by atomic mass is 16.3. The zero-order valence-corrected chi connectivity index (χ0v) is 13.1. The minimum Gasteiger partial charge on any atom is -0.389 e. The SMILES string of the molecule is NC1(CC(=O)N2CCC3(O)CCCCC3C2)CCCCC1. The Morgan fingerprint density at radius 3 is 2.57 bits per heavy atom. The van der Waals surface area contributed by atoms with Gasteiger partial charge in [-0.15, -0.1) is 0 Å². The molecule has 3 N–H and O–H groups in total. The van der Waals surface area contributed by atoms with Crippen LogP contribution in [-0.2, 0) is 4.79 Å². The van der Waals surface area contributed by atoms with E-state index in [1.807, 2.05) is 4.90 Å². The average Bonchev–Trinajstić information content (AvgIpc) is 2.46. The van der Waals surface area contributed by atoms with Crippen LogP contribution in [0.3, 0.4) is 0 Å². The molecular formula is C17H30N2O2. The van der Waals surface area contributed by atoms with Crippen molar-refractivity contribution in [3.63, 3.8) is 0 Å². The maximum absolute atomic E-state index is 12.6. The molecule has 4 heteroatoms. The molecule has 0 aromatic carbocycles. The zero-order chi connectivity index (χ0) is 14.9. The second kappa shape index (κ2) is 5.88. The van der Waals surface area contributed by atoms with E-state index in [9.17, 15) is 9.90 Å². The number of fused-ring (bicyclic) bond motifs is 1. The van der Waals surface area contributed by atoms with Crippen LogP contribution in [0.2, 0.25) is 0 Å². The maximum Gasteiger partial charge on any atom is 0.224 e. The number of carbonyl (C=O) groups is 1. The molecule has 1 aliphatic heterocycles. The van der Waals surface area contributed by atoms with Crippen LogP contribution in [0.15, 0.2) is 0 Å². The Balaban J connectivity index is 1.58. The van der Waals surface area contributed by atoms with Crippen molar-refractivity contribution >= 4 is 5.91 Å². The van der Waals surface area contributed by atoms with Gasteiger partial charge in [-0.3, -0.25) is 4.79 Å². The van der Waals surface area contributed by atoms with E-state index in [4.69, 9.17) is 5.73 Å². The zero-order valence-electron chi connectivity index (χ0n) is 13.1. The second-order valence-corrected chi connectivity index (χ2v) is 7.74. The lowest BCUT2D eigenvalue weighted by atomic mass is 9.71. The summed E-state index contributed by atoms with van der Waals surface area (Å²) in [5.74, 6) is 0.496. The molecule has 3 fully saturated rings. The van der Waals surface area contributed by atoms with Crippen LogP contribution in [0.5, 0.6) is 0 Å². The van der Waals surface area contributed by atoms with Gasteiger partial charge in [-0.1, -0.05) is 32.1 Å². The van der Waals surface area contributed by atoms with Crippen molar-refractivity contribution < 1.29 is 9.90 Å². The summed E-state index contributed by atoms with van der Waals surface area (Å²) in [5, 5.41) is 10.7. The summed E-state index contributed by atoms with van der Waals surface area (Å²) in [7, 11) is 0. The van der Waals surface area contributed by atoms with E-state index in [2.05, 4.69) is 0 Å². The van der Waals surface area contributed by atoms with Crippen molar-refractivity contribution in [2.45, 2.75) is 81.8 Å².